The lowest BCUT2D eigenvalue weighted by Crippen LogP contribution is -1.98. The number of hydrogen-bond acceptors (Lipinski definition) is 5. The number of pyridine rings is 1. The van der Waals surface area contributed by atoms with Crippen LogP contribution in [0.25, 0.3) is 10.9 Å². The topological polar surface area (TPSA) is 77.3 Å². The number of benzene rings is 2. The predicted molar refractivity (Wildman–Crippen MR) is 98.8 cm³/mol. The summed E-state index contributed by atoms with van der Waals surface area (Å²) in [5.74, 6) is 0.763. The Hall–Kier alpha value is -3.15. The molecule has 0 bridgehead atoms. The van der Waals surface area contributed by atoms with Crippen molar-refractivity contribution in [2.75, 3.05) is 11.9 Å². The first-order chi connectivity index (χ1) is 12.0. The third-order valence-electron chi connectivity index (χ3n) is 3.90. The van der Waals surface area contributed by atoms with E-state index in [1.54, 1.807) is 19.1 Å². The second-order valence-corrected chi connectivity index (χ2v) is 5.81. The van der Waals surface area contributed by atoms with Crippen molar-refractivity contribution in [2.24, 2.45) is 0 Å². The Bertz CT molecular complexity index is 954. The lowest BCUT2D eigenvalue weighted by molar-refractivity contribution is -0.385. The first-order valence-corrected chi connectivity index (χ1v) is 8.04. The SMILES string of the molecule is CCOc1ccc2nc(C)cc(Nc3ccc(C)c([N+](=O)[O-])c3)c2c1. The molecule has 0 saturated heterocycles. The number of ether oxygens (including phenoxy) is 1. The number of nitrogens with one attached hydrogen (secondary N) is 1. The highest BCUT2D eigenvalue weighted by molar-refractivity contribution is 5.94. The summed E-state index contributed by atoms with van der Waals surface area (Å²) in [7, 11) is 0. The lowest BCUT2D eigenvalue weighted by atomic mass is 10.1. The Morgan fingerprint density at radius 1 is 1.16 bits per heavy atom. The van der Waals surface area contributed by atoms with E-state index in [1.807, 2.05) is 44.2 Å². The number of rotatable bonds is 5. The Balaban J connectivity index is 2.07. The predicted octanol–water partition coefficient (Wildman–Crippen LogP) is 4.90. The molecule has 3 aromatic rings. The fourth-order valence-electron chi connectivity index (χ4n) is 2.74. The summed E-state index contributed by atoms with van der Waals surface area (Å²) in [6.45, 7) is 6.15. The molecule has 0 amide bonds. The van der Waals surface area contributed by atoms with E-state index in [0.29, 0.717) is 17.9 Å². The molecule has 0 saturated carbocycles. The van der Waals surface area contributed by atoms with Crippen LogP contribution in [-0.4, -0.2) is 16.5 Å². The molecule has 0 radical (unpaired) electrons. The molecule has 3 rings (SSSR count). The third kappa shape index (κ3) is 3.52. The van der Waals surface area contributed by atoms with Crippen LogP contribution in [0.1, 0.15) is 18.2 Å². The number of anilines is 2. The molecule has 25 heavy (non-hydrogen) atoms. The molecular weight excluding hydrogens is 318 g/mol. The van der Waals surface area contributed by atoms with Crippen molar-refractivity contribution in [1.82, 2.24) is 4.98 Å². The van der Waals surface area contributed by atoms with Crippen molar-refractivity contribution in [3.05, 3.63) is 63.8 Å². The first-order valence-electron chi connectivity index (χ1n) is 8.04. The van der Waals surface area contributed by atoms with E-state index in [9.17, 15) is 10.1 Å². The van der Waals surface area contributed by atoms with Gasteiger partial charge in [-0.2, -0.15) is 0 Å². The van der Waals surface area contributed by atoms with E-state index < -0.39 is 0 Å². The van der Waals surface area contributed by atoms with Crippen molar-refractivity contribution in [3.8, 4) is 5.75 Å². The Morgan fingerprint density at radius 2 is 1.96 bits per heavy atom. The Morgan fingerprint density at radius 3 is 2.68 bits per heavy atom. The number of nitro groups is 1. The monoisotopic (exact) mass is 337 g/mol. The molecule has 0 spiro atoms. The van der Waals surface area contributed by atoms with Gasteiger partial charge >= 0.3 is 0 Å². The summed E-state index contributed by atoms with van der Waals surface area (Å²) < 4.78 is 5.57. The van der Waals surface area contributed by atoms with Crippen LogP contribution in [0.5, 0.6) is 5.75 Å². The van der Waals surface area contributed by atoms with Crippen molar-refractivity contribution < 1.29 is 9.66 Å². The molecule has 1 aromatic heterocycles. The van der Waals surface area contributed by atoms with Gasteiger partial charge in [0.15, 0.2) is 0 Å². The Kier molecular flexibility index (Phi) is 4.52. The van der Waals surface area contributed by atoms with E-state index >= 15 is 0 Å². The molecule has 0 atom stereocenters. The molecule has 0 aliphatic heterocycles. The normalized spacial score (nSPS) is 10.7. The summed E-state index contributed by atoms with van der Waals surface area (Å²) in [4.78, 5) is 15.3. The summed E-state index contributed by atoms with van der Waals surface area (Å²) in [5.41, 5.74) is 3.92. The number of aryl methyl sites for hydroxylation is 2. The lowest BCUT2D eigenvalue weighted by Gasteiger charge is -2.12. The van der Waals surface area contributed by atoms with Gasteiger partial charge in [0, 0.05) is 34.1 Å². The first kappa shape index (κ1) is 16.7. The van der Waals surface area contributed by atoms with E-state index in [4.69, 9.17) is 4.74 Å². The average molecular weight is 337 g/mol. The van der Waals surface area contributed by atoms with Crippen LogP contribution in [0.15, 0.2) is 42.5 Å². The highest BCUT2D eigenvalue weighted by Crippen LogP contribution is 2.31. The van der Waals surface area contributed by atoms with Gasteiger partial charge in [0.05, 0.1) is 17.0 Å². The minimum atomic E-state index is -0.371. The van der Waals surface area contributed by atoms with Gasteiger partial charge in [0.25, 0.3) is 5.69 Å². The number of nitro benzene ring substituents is 1. The molecule has 0 unspecified atom stereocenters. The van der Waals surface area contributed by atoms with Crippen LogP contribution < -0.4 is 10.1 Å². The largest absolute Gasteiger partial charge is 0.494 e. The van der Waals surface area contributed by atoms with Gasteiger partial charge in [-0.15, -0.1) is 0 Å². The zero-order valence-corrected chi connectivity index (χ0v) is 14.4. The van der Waals surface area contributed by atoms with Gasteiger partial charge in [-0.05, 0) is 51.1 Å². The summed E-state index contributed by atoms with van der Waals surface area (Å²) in [5, 5.41) is 15.3. The van der Waals surface area contributed by atoms with Crippen LogP contribution in [0.2, 0.25) is 0 Å². The molecule has 2 aromatic carbocycles. The van der Waals surface area contributed by atoms with Gasteiger partial charge in [-0.25, -0.2) is 0 Å². The van der Waals surface area contributed by atoms with Gasteiger partial charge in [0.2, 0.25) is 0 Å². The fraction of sp³-hybridized carbons (Fsp3) is 0.211. The maximum atomic E-state index is 11.2. The van der Waals surface area contributed by atoms with E-state index in [-0.39, 0.29) is 10.6 Å². The van der Waals surface area contributed by atoms with Crippen LogP contribution in [0.4, 0.5) is 17.1 Å². The van der Waals surface area contributed by atoms with Gasteiger partial charge < -0.3 is 10.1 Å². The summed E-state index contributed by atoms with van der Waals surface area (Å²) in [6, 6.07) is 12.8. The molecule has 128 valence electrons. The van der Waals surface area contributed by atoms with Crippen molar-refractivity contribution in [3.63, 3.8) is 0 Å². The summed E-state index contributed by atoms with van der Waals surface area (Å²) >= 11 is 0. The van der Waals surface area contributed by atoms with E-state index in [1.165, 1.54) is 0 Å². The maximum Gasteiger partial charge on any atom is 0.274 e. The molecule has 0 aliphatic carbocycles. The van der Waals surface area contributed by atoms with E-state index in [0.717, 1.165) is 28.0 Å². The average Bonchev–Trinajstić information content (AvgIpc) is 2.57. The zero-order valence-electron chi connectivity index (χ0n) is 14.4. The van der Waals surface area contributed by atoms with Crippen LogP contribution in [0.3, 0.4) is 0 Å². The fourth-order valence-corrected chi connectivity index (χ4v) is 2.74. The number of aromatic nitrogens is 1. The van der Waals surface area contributed by atoms with Crippen LogP contribution >= 0.6 is 0 Å². The molecule has 1 heterocycles. The molecule has 6 nitrogen and oxygen atoms in total. The molecule has 1 N–H and O–H groups in total. The highest BCUT2D eigenvalue weighted by atomic mass is 16.6. The minimum absolute atomic E-state index is 0.0927. The minimum Gasteiger partial charge on any atom is -0.494 e. The van der Waals surface area contributed by atoms with Gasteiger partial charge in [-0.1, -0.05) is 6.07 Å². The highest BCUT2D eigenvalue weighted by Gasteiger charge is 2.12. The van der Waals surface area contributed by atoms with E-state index in [2.05, 4.69) is 10.3 Å². The number of hydrogen-bond donors (Lipinski definition) is 1. The van der Waals surface area contributed by atoms with Gasteiger partial charge in [0.1, 0.15) is 5.75 Å². The molecule has 0 fully saturated rings. The summed E-state index contributed by atoms with van der Waals surface area (Å²) in [6.07, 6.45) is 0. The van der Waals surface area contributed by atoms with Crippen molar-refractivity contribution in [1.29, 1.82) is 0 Å². The second kappa shape index (κ2) is 6.76. The van der Waals surface area contributed by atoms with Crippen LogP contribution in [-0.2, 0) is 0 Å². The molecule has 6 heteroatoms. The number of fused-ring (bicyclic) bond motifs is 1. The van der Waals surface area contributed by atoms with Crippen LogP contribution in [0, 0.1) is 24.0 Å². The second-order valence-electron chi connectivity index (χ2n) is 5.81. The standard InChI is InChI=1S/C19H19N3O3/c1-4-25-15-7-8-17-16(11-15)18(9-13(3)20-17)21-14-6-5-12(2)19(10-14)22(23)24/h5-11H,4H2,1-3H3,(H,20,21). The van der Waals surface area contributed by atoms with Gasteiger partial charge in [-0.3, -0.25) is 15.1 Å². The van der Waals surface area contributed by atoms with Crippen molar-refractivity contribution >= 4 is 28.0 Å². The Labute approximate surface area is 145 Å². The third-order valence-corrected chi connectivity index (χ3v) is 3.90. The van der Waals surface area contributed by atoms with Crippen molar-refractivity contribution in [2.45, 2.75) is 20.8 Å². The molecule has 0 aliphatic rings. The smallest absolute Gasteiger partial charge is 0.274 e. The maximum absolute atomic E-state index is 11.2. The number of nitrogens with zero attached hydrogens (tertiary/aromatic N) is 2. The molecular formula is C19H19N3O3. The quantitative estimate of drug-likeness (QED) is 0.529. The zero-order chi connectivity index (χ0) is 18.0.